The van der Waals surface area contributed by atoms with Gasteiger partial charge in [-0.2, -0.15) is 0 Å². The predicted octanol–water partition coefficient (Wildman–Crippen LogP) is 2.49. The molecule has 5 nitrogen and oxygen atoms in total. The summed E-state index contributed by atoms with van der Waals surface area (Å²) in [6.45, 7) is 1.84. The van der Waals surface area contributed by atoms with Crippen LogP contribution >= 0.6 is 11.3 Å². The monoisotopic (exact) mass is 276 g/mol. The Kier molecular flexibility index (Phi) is 3.91. The molecule has 98 valence electrons. The number of aromatic nitrogens is 1. The van der Waals surface area contributed by atoms with Crippen LogP contribution in [0.4, 0.5) is 5.69 Å². The number of ether oxygens (including phenoxy) is 1. The third-order valence-electron chi connectivity index (χ3n) is 2.42. The second-order valence-electron chi connectivity index (χ2n) is 3.77. The number of thiazole rings is 1. The van der Waals surface area contributed by atoms with Gasteiger partial charge in [-0.25, -0.2) is 9.78 Å². The van der Waals surface area contributed by atoms with Gasteiger partial charge in [0.05, 0.1) is 17.7 Å². The molecule has 1 aromatic heterocycles. The number of benzene rings is 1. The fraction of sp³-hybridized carbons (Fsp3) is 0.154. The zero-order valence-corrected chi connectivity index (χ0v) is 11.3. The Bertz CT molecular complexity index is 605. The van der Waals surface area contributed by atoms with E-state index in [2.05, 4.69) is 15.0 Å². The lowest BCUT2D eigenvalue weighted by atomic mass is 10.2. The standard InChI is InChI=1S/C13H12N2O3S/c1-8-14-11(7-19-8)12(16)15-10-5-3-9(4-6-10)13(17)18-2/h3-7H,1-2H3,(H,15,16). The van der Waals surface area contributed by atoms with Crippen molar-refractivity contribution >= 4 is 28.9 Å². The van der Waals surface area contributed by atoms with E-state index in [0.717, 1.165) is 5.01 Å². The molecular formula is C13H12N2O3S. The van der Waals surface area contributed by atoms with Crippen molar-refractivity contribution in [2.75, 3.05) is 12.4 Å². The first kappa shape index (κ1) is 13.2. The number of hydrogen-bond donors (Lipinski definition) is 1. The van der Waals surface area contributed by atoms with Crippen molar-refractivity contribution in [1.82, 2.24) is 4.98 Å². The Balaban J connectivity index is 2.07. The number of methoxy groups -OCH3 is 1. The number of nitrogens with zero attached hydrogens (tertiary/aromatic N) is 1. The fourth-order valence-electron chi connectivity index (χ4n) is 1.47. The Hall–Kier alpha value is -2.21. The third-order valence-corrected chi connectivity index (χ3v) is 3.19. The van der Waals surface area contributed by atoms with Crippen molar-refractivity contribution in [1.29, 1.82) is 0 Å². The summed E-state index contributed by atoms with van der Waals surface area (Å²) >= 11 is 1.42. The van der Waals surface area contributed by atoms with Gasteiger partial charge < -0.3 is 10.1 Å². The quantitative estimate of drug-likeness (QED) is 0.874. The highest BCUT2D eigenvalue weighted by Crippen LogP contribution is 2.13. The van der Waals surface area contributed by atoms with Gasteiger partial charge in [0.15, 0.2) is 0 Å². The molecule has 19 heavy (non-hydrogen) atoms. The molecule has 0 aliphatic carbocycles. The van der Waals surface area contributed by atoms with E-state index < -0.39 is 5.97 Å². The first-order chi connectivity index (χ1) is 9.10. The first-order valence-corrected chi connectivity index (χ1v) is 6.40. The van der Waals surface area contributed by atoms with E-state index in [4.69, 9.17) is 0 Å². The number of amides is 1. The minimum atomic E-state index is -0.409. The van der Waals surface area contributed by atoms with Crippen LogP contribution in [0.5, 0.6) is 0 Å². The molecule has 2 aromatic rings. The number of carbonyl (C=O) groups is 2. The van der Waals surface area contributed by atoms with Gasteiger partial charge in [0, 0.05) is 11.1 Å². The summed E-state index contributed by atoms with van der Waals surface area (Å²) in [5, 5.41) is 5.25. The van der Waals surface area contributed by atoms with E-state index in [1.54, 1.807) is 29.6 Å². The number of hydrogen-bond acceptors (Lipinski definition) is 5. The lowest BCUT2D eigenvalue weighted by Gasteiger charge is -2.04. The molecule has 1 aromatic carbocycles. The lowest BCUT2D eigenvalue weighted by molar-refractivity contribution is 0.0600. The van der Waals surface area contributed by atoms with Crippen LogP contribution in [0.15, 0.2) is 29.6 Å². The maximum absolute atomic E-state index is 11.8. The van der Waals surface area contributed by atoms with Crippen LogP contribution in [0.25, 0.3) is 0 Å². The van der Waals surface area contributed by atoms with Crippen LogP contribution in [0.2, 0.25) is 0 Å². The average molecular weight is 276 g/mol. The minimum Gasteiger partial charge on any atom is -0.465 e. The Morgan fingerprint density at radius 1 is 1.26 bits per heavy atom. The average Bonchev–Trinajstić information content (AvgIpc) is 2.85. The predicted molar refractivity (Wildman–Crippen MR) is 72.6 cm³/mol. The van der Waals surface area contributed by atoms with Crippen molar-refractivity contribution in [2.24, 2.45) is 0 Å². The molecule has 1 N–H and O–H groups in total. The molecular weight excluding hydrogens is 264 g/mol. The van der Waals surface area contributed by atoms with Gasteiger partial charge in [-0.05, 0) is 31.2 Å². The van der Waals surface area contributed by atoms with Crippen molar-refractivity contribution < 1.29 is 14.3 Å². The molecule has 0 aliphatic heterocycles. The van der Waals surface area contributed by atoms with E-state index in [1.165, 1.54) is 18.4 Å². The molecule has 6 heteroatoms. The number of esters is 1. The molecule has 0 saturated carbocycles. The molecule has 2 rings (SSSR count). The summed E-state index contributed by atoms with van der Waals surface area (Å²) in [6.07, 6.45) is 0. The second-order valence-corrected chi connectivity index (χ2v) is 4.84. The van der Waals surface area contributed by atoms with Gasteiger partial charge in [0.25, 0.3) is 5.91 Å². The van der Waals surface area contributed by atoms with Crippen LogP contribution in [0.3, 0.4) is 0 Å². The van der Waals surface area contributed by atoms with Gasteiger partial charge in [-0.15, -0.1) is 11.3 Å². The molecule has 0 aliphatic rings. The normalized spacial score (nSPS) is 10.0. The van der Waals surface area contributed by atoms with Gasteiger partial charge in [0.2, 0.25) is 0 Å². The second kappa shape index (κ2) is 5.62. The van der Waals surface area contributed by atoms with Gasteiger partial charge in [-0.3, -0.25) is 4.79 Å². The lowest BCUT2D eigenvalue weighted by Crippen LogP contribution is -2.12. The summed E-state index contributed by atoms with van der Waals surface area (Å²) in [5.41, 5.74) is 1.42. The zero-order chi connectivity index (χ0) is 13.8. The number of rotatable bonds is 3. The van der Waals surface area contributed by atoms with Crippen molar-refractivity contribution in [3.05, 3.63) is 45.9 Å². The maximum Gasteiger partial charge on any atom is 0.337 e. The van der Waals surface area contributed by atoms with Crippen molar-refractivity contribution in [3.63, 3.8) is 0 Å². The van der Waals surface area contributed by atoms with Gasteiger partial charge in [-0.1, -0.05) is 0 Å². The van der Waals surface area contributed by atoms with Crippen LogP contribution in [-0.2, 0) is 4.74 Å². The third kappa shape index (κ3) is 3.17. The Labute approximate surface area is 114 Å². The highest BCUT2D eigenvalue weighted by atomic mass is 32.1. The summed E-state index contributed by atoms with van der Waals surface area (Å²) in [4.78, 5) is 27.2. The smallest absolute Gasteiger partial charge is 0.337 e. The zero-order valence-electron chi connectivity index (χ0n) is 10.5. The van der Waals surface area contributed by atoms with E-state index in [1.807, 2.05) is 6.92 Å². The van der Waals surface area contributed by atoms with E-state index >= 15 is 0 Å². The summed E-state index contributed by atoms with van der Waals surface area (Å²) in [7, 11) is 1.32. The SMILES string of the molecule is COC(=O)c1ccc(NC(=O)c2csc(C)n2)cc1. The van der Waals surface area contributed by atoms with E-state index in [-0.39, 0.29) is 5.91 Å². The molecule has 0 unspecified atom stereocenters. The van der Waals surface area contributed by atoms with Gasteiger partial charge in [0.1, 0.15) is 5.69 Å². The van der Waals surface area contributed by atoms with E-state index in [0.29, 0.717) is 16.9 Å². The Morgan fingerprint density at radius 3 is 2.47 bits per heavy atom. The number of anilines is 1. The molecule has 0 radical (unpaired) electrons. The summed E-state index contributed by atoms with van der Waals surface area (Å²) < 4.78 is 4.59. The summed E-state index contributed by atoms with van der Waals surface area (Å²) in [5.74, 6) is -0.678. The molecule has 0 atom stereocenters. The Morgan fingerprint density at radius 2 is 1.95 bits per heavy atom. The number of aryl methyl sites for hydroxylation is 1. The number of carbonyl (C=O) groups excluding carboxylic acids is 2. The van der Waals surface area contributed by atoms with Crippen LogP contribution in [-0.4, -0.2) is 24.0 Å². The maximum atomic E-state index is 11.8. The van der Waals surface area contributed by atoms with Crippen LogP contribution < -0.4 is 5.32 Å². The van der Waals surface area contributed by atoms with Crippen LogP contribution in [0, 0.1) is 6.92 Å². The summed E-state index contributed by atoms with van der Waals surface area (Å²) in [6, 6.07) is 6.47. The number of nitrogens with one attached hydrogen (secondary N) is 1. The molecule has 0 bridgehead atoms. The van der Waals surface area contributed by atoms with Crippen molar-refractivity contribution in [2.45, 2.75) is 6.92 Å². The first-order valence-electron chi connectivity index (χ1n) is 5.52. The highest BCUT2D eigenvalue weighted by Gasteiger charge is 2.10. The molecule has 0 spiro atoms. The van der Waals surface area contributed by atoms with Crippen LogP contribution in [0.1, 0.15) is 25.9 Å². The molecule has 1 heterocycles. The molecule has 0 fully saturated rings. The topological polar surface area (TPSA) is 68.3 Å². The van der Waals surface area contributed by atoms with Crippen molar-refractivity contribution in [3.8, 4) is 0 Å². The molecule has 1 amide bonds. The van der Waals surface area contributed by atoms with Gasteiger partial charge >= 0.3 is 5.97 Å². The minimum absolute atomic E-state index is 0.268. The van der Waals surface area contributed by atoms with E-state index in [9.17, 15) is 9.59 Å². The molecule has 0 saturated heterocycles. The highest BCUT2D eigenvalue weighted by molar-refractivity contribution is 7.09. The largest absolute Gasteiger partial charge is 0.465 e. The fourth-order valence-corrected chi connectivity index (χ4v) is 2.06.